The van der Waals surface area contributed by atoms with E-state index in [2.05, 4.69) is 16.2 Å². The van der Waals surface area contributed by atoms with Crippen molar-refractivity contribution < 1.29 is 19.1 Å². The van der Waals surface area contributed by atoms with Crippen LogP contribution >= 0.6 is 12.2 Å². The van der Waals surface area contributed by atoms with E-state index in [9.17, 15) is 9.59 Å². The fourth-order valence-corrected chi connectivity index (χ4v) is 2.36. The summed E-state index contributed by atoms with van der Waals surface area (Å²) in [6.45, 7) is 5.49. The molecule has 7 nitrogen and oxygen atoms in total. The van der Waals surface area contributed by atoms with Gasteiger partial charge in [0.2, 0.25) is 0 Å². The van der Waals surface area contributed by atoms with Crippen LogP contribution in [-0.4, -0.2) is 29.6 Å². The van der Waals surface area contributed by atoms with Crippen molar-refractivity contribution in [2.24, 2.45) is 0 Å². The number of rotatable bonds is 6. The van der Waals surface area contributed by atoms with Crippen LogP contribution in [-0.2, 0) is 4.79 Å². The Bertz CT molecular complexity index is 855. The lowest BCUT2D eigenvalue weighted by atomic mass is 10.2. The van der Waals surface area contributed by atoms with Gasteiger partial charge >= 0.3 is 0 Å². The Morgan fingerprint density at radius 3 is 2.54 bits per heavy atom. The molecule has 0 saturated heterocycles. The quantitative estimate of drug-likeness (QED) is 0.509. The van der Waals surface area contributed by atoms with Gasteiger partial charge < -0.3 is 9.47 Å². The van der Waals surface area contributed by atoms with Crippen molar-refractivity contribution in [3.05, 3.63) is 59.7 Å². The van der Waals surface area contributed by atoms with Crippen LogP contribution in [0.5, 0.6) is 11.5 Å². The van der Waals surface area contributed by atoms with Crippen LogP contribution in [0.1, 0.15) is 29.8 Å². The molecule has 0 aliphatic heterocycles. The Hall–Kier alpha value is -3.13. The molecule has 2 aromatic carbocycles. The average molecular weight is 401 g/mol. The van der Waals surface area contributed by atoms with Crippen molar-refractivity contribution in [3.8, 4) is 11.5 Å². The average Bonchev–Trinajstić information content (AvgIpc) is 2.65. The lowest BCUT2D eigenvalue weighted by Crippen LogP contribution is -2.49. The second kappa shape index (κ2) is 10.3. The first kappa shape index (κ1) is 21.2. The van der Waals surface area contributed by atoms with Gasteiger partial charge in [0.25, 0.3) is 11.8 Å². The van der Waals surface area contributed by atoms with E-state index in [4.69, 9.17) is 21.7 Å². The molecule has 28 heavy (non-hydrogen) atoms. The predicted molar refractivity (Wildman–Crippen MR) is 110 cm³/mol. The minimum absolute atomic E-state index is 0.00170. The normalized spacial score (nSPS) is 10.1. The largest absolute Gasteiger partial charge is 0.491 e. The van der Waals surface area contributed by atoms with Gasteiger partial charge in [0, 0.05) is 5.56 Å². The molecule has 2 amide bonds. The number of aryl methyl sites for hydroxylation is 1. The van der Waals surface area contributed by atoms with Gasteiger partial charge in [-0.2, -0.15) is 0 Å². The second-order valence-corrected chi connectivity index (χ2v) is 6.61. The summed E-state index contributed by atoms with van der Waals surface area (Å²) in [4.78, 5) is 24.1. The molecule has 0 aromatic heterocycles. The van der Waals surface area contributed by atoms with E-state index in [0.717, 1.165) is 5.56 Å². The minimum Gasteiger partial charge on any atom is -0.491 e. The zero-order chi connectivity index (χ0) is 20.5. The first-order chi connectivity index (χ1) is 13.3. The van der Waals surface area contributed by atoms with Crippen molar-refractivity contribution >= 4 is 29.1 Å². The summed E-state index contributed by atoms with van der Waals surface area (Å²) in [6, 6.07) is 14.1. The molecular weight excluding hydrogens is 378 g/mol. The number of para-hydroxylation sites is 1. The summed E-state index contributed by atoms with van der Waals surface area (Å²) in [5.41, 5.74) is 6.15. The monoisotopic (exact) mass is 401 g/mol. The van der Waals surface area contributed by atoms with Crippen LogP contribution in [0, 0.1) is 6.92 Å². The Labute approximate surface area is 169 Å². The van der Waals surface area contributed by atoms with E-state index in [1.807, 2.05) is 39.0 Å². The molecule has 0 unspecified atom stereocenters. The van der Waals surface area contributed by atoms with Crippen molar-refractivity contribution in [1.82, 2.24) is 16.2 Å². The molecule has 0 aliphatic carbocycles. The SMILES string of the molecule is Cc1ccccc1OCC(=O)NNC(=S)NC(=O)c1cccc(OC(C)C)c1. The van der Waals surface area contributed by atoms with Gasteiger partial charge in [-0.15, -0.1) is 0 Å². The third-order valence-electron chi connectivity index (χ3n) is 3.46. The van der Waals surface area contributed by atoms with Gasteiger partial charge in [-0.25, -0.2) is 0 Å². The number of hydrazine groups is 1. The summed E-state index contributed by atoms with van der Waals surface area (Å²) in [6.07, 6.45) is -0.00170. The summed E-state index contributed by atoms with van der Waals surface area (Å²) >= 11 is 5.02. The molecule has 2 aromatic rings. The van der Waals surface area contributed by atoms with Crippen molar-refractivity contribution in [1.29, 1.82) is 0 Å². The zero-order valence-electron chi connectivity index (χ0n) is 15.9. The Morgan fingerprint density at radius 2 is 1.82 bits per heavy atom. The van der Waals surface area contributed by atoms with Crippen molar-refractivity contribution in [2.75, 3.05) is 6.61 Å². The highest BCUT2D eigenvalue weighted by Gasteiger charge is 2.10. The van der Waals surface area contributed by atoms with Gasteiger partial charge in [0.15, 0.2) is 11.7 Å². The first-order valence-electron chi connectivity index (χ1n) is 8.70. The van der Waals surface area contributed by atoms with Gasteiger partial charge in [-0.1, -0.05) is 24.3 Å². The molecule has 0 aliphatic rings. The van der Waals surface area contributed by atoms with E-state index in [1.165, 1.54) is 0 Å². The highest BCUT2D eigenvalue weighted by atomic mass is 32.1. The van der Waals surface area contributed by atoms with E-state index < -0.39 is 11.8 Å². The van der Waals surface area contributed by atoms with Gasteiger partial charge in [0.05, 0.1) is 6.10 Å². The molecule has 0 fully saturated rings. The summed E-state index contributed by atoms with van der Waals surface area (Å²) in [7, 11) is 0. The molecule has 0 atom stereocenters. The number of ether oxygens (including phenoxy) is 2. The summed E-state index contributed by atoms with van der Waals surface area (Å²) in [5.74, 6) is 0.351. The van der Waals surface area contributed by atoms with E-state index in [-0.39, 0.29) is 17.8 Å². The maximum absolute atomic E-state index is 12.3. The molecule has 0 saturated carbocycles. The van der Waals surface area contributed by atoms with Crippen LogP contribution < -0.4 is 25.6 Å². The molecule has 3 N–H and O–H groups in total. The Morgan fingerprint density at radius 1 is 1.07 bits per heavy atom. The highest BCUT2D eigenvalue weighted by molar-refractivity contribution is 7.80. The van der Waals surface area contributed by atoms with Gasteiger partial charge in [-0.05, 0) is 62.8 Å². The number of thiocarbonyl (C=S) groups is 1. The molecular formula is C20H23N3O4S. The minimum atomic E-state index is -0.438. The molecule has 0 radical (unpaired) electrons. The fraction of sp³-hybridized carbons (Fsp3) is 0.250. The summed E-state index contributed by atoms with van der Waals surface area (Å²) in [5, 5.41) is 2.45. The summed E-state index contributed by atoms with van der Waals surface area (Å²) < 4.78 is 11.0. The number of carbonyl (C=O) groups is 2. The first-order valence-corrected chi connectivity index (χ1v) is 9.11. The highest BCUT2D eigenvalue weighted by Crippen LogP contribution is 2.16. The molecule has 2 rings (SSSR count). The second-order valence-electron chi connectivity index (χ2n) is 6.21. The van der Waals surface area contributed by atoms with Crippen LogP contribution in [0.2, 0.25) is 0 Å². The number of hydrogen-bond donors (Lipinski definition) is 3. The topological polar surface area (TPSA) is 88.7 Å². The fourth-order valence-electron chi connectivity index (χ4n) is 2.21. The lowest BCUT2D eigenvalue weighted by Gasteiger charge is -2.13. The van der Waals surface area contributed by atoms with Gasteiger partial charge in [-0.3, -0.25) is 25.8 Å². The number of carbonyl (C=O) groups excluding carboxylic acids is 2. The molecule has 0 heterocycles. The van der Waals surface area contributed by atoms with E-state index >= 15 is 0 Å². The van der Waals surface area contributed by atoms with Crippen LogP contribution in [0.15, 0.2) is 48.5 Å². The van der Waals surface area contributed by atoms with Crippen LogP contribution in [0.25, 0.3) is 0 Å². The Kier molecular flexibility index (Phi) is 7.76. The van der Waals surface area contributed by atoms with E-state index in [1.54, 1.807) is 30.3 Å². The van der Waals surface area contributed by atoms with Crippen molar-refractivity contribution in [2.45, 2.75) is 26.9 Å². The zero-order valence-corrected chi connectivity index (χ0v) is 16.8. The maximum atomic E-state index is 12.3. The standard InChI is InChI=1S/C20H23N3O4S/c1-13(2)27-16-9-6-8-15(11-16)19(25)21-20(28)23-22-18(24)12-26-17-10-5-4-7-14(17)3/h4-11,13H,12H2,1-3H3,(H,22,24)(H2,21,23,25,28). The number of nitrogens with one attached hydrogen (secondary N) is 3. The number of hydrogen-bond acceptors (Lipinski definition) is 5. The predicted octanol–water partition coefficient (Wildman–Crippen LogP) is 2.50. The smallest absolute Gasteiger partial charge is 0.276 e. The Balaban J connectivity index is 1.78. The van der Waals surface area contributed by atoms with Crippen LogP contribution in [0.3, 0.4) is 0 Å². The molecule has 0 bridgehead atoms. The molecule has 8 heteroatoms. The number of amides is 2. The van der Waals surface area contributed by atoms with E-state index in [0.29, 0.717) is 17.1 Å². The molecule has 148 valence electrons. The third-order valence-corrected chi connectivity index (χ3v) is 3.67. The maximum Gasteiger partial charge on any atom is 0.276 e. The number of benzene rings is 2. The molecule has 0 spiro atoms. The lowest BCUT2D eigenvalue weighted by molar-refractivity contribution is -0.123. The van der Waals surface area contributed by atoms with Gasteiger partial charge in [0.1, 0.15) is 11.5 Å². The van der Waals surface area contributed by atoms with Crippen LogP contribution in [0.4, 0.5) is 0 Å². The third kappa shape index (κ3) is 6.88. The van der Waals surface area contributed by atoms with Crippen molar-refractivity contribution in [3.63, 3.8) is 0 Å².